The maximum atomic E-state index is 14.2. The molecule has 28 heavy (non-hydrogen) atoms. The van der Waals surface area contributed by atoms with Gasteiger partial charge in [0, 0.05) is 11.7 Å². The Labute approximate surface area is 165 Å². The first kappa shape index (κ1) is 18.6. The van der Waals surface area contributed by atoms with Crippen molar-refractivity contribution in [2.24, 2.45) is 0 Å². The molecular weight excluding hydrogens is 382 g/mol. The van der Waals surface area contributed by atoms with Crippen LogP contribution in [0.3, 0.4) is 0 Å². The van der Waals surface area contributed by atoms with E-state index < -0.39 is 11.1 Å². The Morgan fingerprint density at radius 1 is 1.18 bits per heavy atom. The molecule has 2 aromatic carbocycles. The second kappa shape index (κ2) is 7.71. The lowest BCUT2D eigenvalue weighted by Gasteiger charge is -2.13. The predicted octanol–water partition coefficient (Wildman–Crippen LogP) is 4.68. The molecule has 1 saturated carbocycles. The van der Waals surface area contributed by atoms with Crippen LogP contribution in [0.5, 0.6) is 0 Å². The van der Waals surface area contributed by atoms with Gasteiger partial charge in [-0.2, -0.15) is 0 Å². The van der Waals surface area contributed by atoms with Crippen LogP contribution in [-0.4, -0.2) is 25.9 Å². The summed E-state index contributed by atoms with van der Waals surface area (Å²) in [6.45, 7) is 1.74. The van der Waals surface area contributed by atoms with Gasteiger partial charge in [-0.15, -0.1) is 10.2 Å². The van der Waals surface area contributed by atoms with Gasteiger partial charge in [0.05, 0.1) is 10.8 Å². The van der Waals surface area contributed by atoms with Gasteiger partial charge >= 0.3 is 0 Å². The Kier molecular flexibility index (Phi) is 5.13. The maximum Gasteiger partial charge on any atom is 0.237 e. The molecule has 1 N–H and O–H groups in total. The summed E-state index contributed by atoms with van der Waals surface area (Å²) in [5.41, 5.74) is 0.791. The molecule has 1 amide bonds. The van der Waals surface area contributed by atoms with Gasteiger partial charge in [-0.05, 0) is 50.1 Å². The number of rotatable bonds is 6. The normalized spacial score (nSPS) is 14.7. The first-order chi connectivity index (χ1) is 13.5. The molecule has 0 radical (unpaired) electrons. The zero-order valence-corrected chi connectivity index (χ0v) is 15.9. The highest BCUT2D eigenvalue weighted by molar-refractivity contribution is 8.00. The molecule has 1 aromatic heterocycles. The number of thioether (sulfide) groups is 1. The first-order valence-corrected chi connectivity index (χ1v) is 9.84. The predicted molar refractivity (Wildman–Crippen MR) is 104 cm³/mol. The number of amides is 1. The Hall–Kier alpha value is -2.74. The molecule has 1 aliphatic carbocycles. The SMILES string of the molecule is C[C@@H](Sc1nnc(-c2ccccc2F)n1C1CC1)C(=O)Nc1cccc(F)c1. The Balaban J connectivity index is 1.55. The van der Waals surface area contributed by atoms with Crippen molar-refractivity contribution in [1.29, 1.82) is 0 Å². The molecular formula is C20H18F2N4OS. The van der Waals surface area contributed by atoms with E-state index in [0.29, 0.717) is 22.2 Å². The average Bonchev–Trinajstić information content (AvgIpc) is 3.43. The molecule has 1 aliphatic rings. The van der Waals surface area contributed by atoms with E-state index in [-0.39, 0.29) is 17.8 Å². The average molecular weight is 400 g/mol. The highest BCUT2D eigenvalue weighted by Gasteiger charge is 2.32. The zero-order valence-electron chi connectivity index (χ0n) is 15.1. The van der Waals surface area contributed by atoms with Crippen molar-refractivity contribution >= 4 is 23.4 Å². The van der Waals surface area contributed by atoms with Crippen LogP contribution in [0.25, 0.3) is 11.4 Å². The lowest BCUT2D eigenvalue weighted by atomic mass is 10.2. The lowest BCUT2D eigenvalue weighted by molar-refractivity contribution is -0.115. The quantitative estimate of drug-likeness (QED) is 0.611. The fourth-order valence-electron chi connectivity index (χ4n) is 2.87. The van der Waals surface area contributed by atoms with E-state index in [1.54, 1.807) is 31.2 Å². The summed E-state index contributed by atoms with van der Waals surface area (Å²) in [6, 6.07) is 12.4. The summed E-state index contributed by atoms with van der Waals surface area (Å²) in [5.74, 6) is -0.569. The van der Waals surface area contributed by atoms with E-state index in [0.717, 1.165) is 12.8 Å². The molecule has 0 unspecified atom stereocenters. The number of carbonyl (C=O) groups is 1. The zero-order chi connectivity index (χ0) is 19.7. The molecule has 1 fully saturated rings. The summed E-state index contributed by atoms with van der Waals surface area (Å²) in [5, 5.41) is 11.2. The number of nitrogens with one attached hydrogen (secondary N) is 1. The van der Waals surface area contributed by atoms with Crippen LogP contribution in [0.1, 0.15) is 25.8 Å². The van der Waals surface area contributed by atoms with Gasteiger partial charge in [0.1, 0.15) is 11.6 Å². The molecule has 3 aromatic rings. The third-order valence-electron chi connectivity index (χ3n) is 4.43. The third kappa shape index (κ3) is 3.91. The summed E-state index contributed by atoms with van der Waals surface area (Å²) < 4.78 is 29.4. The number of halogens is 2. The number of hydrogen-bond donors (Lipinski definition) is 1. The Morgan fingerprint density at radius 3 is 2.68 bits per heavy atom. The molecule has 0 bridgehead atoms. The lowest BCUT2D eigenvalue weighted by Crippen LogP contribution is -2.23. The van der Waals surface area contributed by atoms with Crippen molar-refractivity contribution in [3.8, 4) is 11.4 Å². The van der Waals surface area contributed by atoms with Crippen LogP contribution >= 0.6 is 11.8 Å². The topological polar surface area (TPSA) is 59.8 Å². The standard InChI is InChI=1S/C20H18F2N4OS/c1-12(19(27)23-14-6-4-5-13(21)11-14)28-20-25-24-18(26(20)15-9-10-15)16-7-2-3-8-17(16)22/h2-8,11-12,15H,9-10H2,1H3,(H,23,27)/t12-/m1/s1. The van der Waals surface area contributed by atoms with Crippen molar-refractivity contribution < 1.29 is 13.6 Å². The fourth-order valence-corrected chi connectivity index (χ4v) is 3.79. The van der Waals surface area contributed by atoms with Gasteiger partial charge in [0.25, 0.3) is 0 Å². The molecule has 5 nitrogen and oxygen atoms in total. The third-order valence-corrected chi connectivity index (χ3v) is 5.49. The first-order valence-electron chi connectivity index (χ1n) is 8.96. The maximum absolute atomic E-state index is 14.2. The molecule has 1 atom stereocenters. The molecule has 144 valence electrons. The number of carbonyl (C=O) groups excluding carboxylic acids is 1. The van der Waals surface area contributed by atoms with Crippen molar-refractivity contribution in [3.05, 3.63) is 60.2 Å². The largest absolute Gasteiger partial charge is 0.325 e. The molecule has 1 heterocycles. The summed E-state index contributed by atoms with van der Waals surface area (Å²) in [6.07, 6.45) is 1.94. The Morgan fingerprint density at radius 2 is 1.96 bits per heavy atom. The van der Waals surface area contributed by atoms with Crippen LogP contribution < -0.4 is 5.32 Å². The summed E-state index contributed by atoms with van der Waals surface area (Å²) >= 11 is 1.25. The van der Waals surface area contributed by atoms with Crippen molar-refractivity contribution in [3.63, 3.8) is 0 Å². The van der Waals surface area contributed by atoms with E-state index in [9.17, 15) is 13.6 Å². The van der Waals surface area contributed by atoms with Gasteiger partial charge in [-0.3, -0.25) is 9.36 Å². The van der Waals surface area contributed by atoms with Crippen molar-refractivity contribution in [1.82, 2.24) is 14.8 Å². The van der Waals surface area contributed by atoms with E-state index in [1.807, 2.05) is 4.57 Å². The minimum absolute atomic E-state index is 0.214. The van der Waals surface area contributed by atoms with Gasteiger partial charge in [-0.1, -0.05) is 30.0 Å². The minimum Gasteiger partial charge on any atom is -0.325 e. The number of hydrogen-bond acceptors (Lipinski definition) is 4. The summed E-state index contributed by atoms with van der Waals surface area (Å²) in [7, 11) is 0. The van der Waals surface area contributed by atoms with E-state index >= 15 is 0 Å². The van der Waals surface area contributed by atoms with Crippen molar-refractivity contribution in [2.75, 3.05) is 5.32 Å². The number of benzene rings is 2. The monoisotopic (exact) mass is 400 g/mol. The van der Waals surface area contributed by atoms with Gasteiger partial charge < -0.3 is 5.32 Å². The summed E-state index contributed by atoms with van der Waals surface area (Å²) in [4.78, 5) is 12.5. The minimum atomic E-state index is -0.488. The van der Waals surface area contributed by atoms with Crippen LogP contribution in [0.2, 0.25) is 0 Å². The van der Waals surface area contributed by atoms with Gasteiger partial charge in [-0.25, -0.2) is 8.78 Å². The molecule has 4 rings (SSSR count). The van der Waals surface area contributed by atoms with Crippen LogP contribution in [0.4, 0.5) is 14.5 Å². The van der Waals surface area contributed by atoms with E-state index in [2.05, 4.69) is 15.5 Å². The van der Waals surface area contributed by atoms with E-state index in [4.69, 9.17) is 0 Å². The van der Waals surface area contributed by atoms with Crippen LogP contribution in [0.15, 0.2) is 53.7 Å². The molecule has 8 heteroatoms. The highest BCUT2D eigenvalue weighted by atomic mass is 32.2. The van der Waals surface area contributed by atoms with Crippen molar-refractivity contribution in [2.45, 2.75) is 36.2 Å². The van der Waals surface area contributed by atoms with Gasteiger partial charge in [0.15, 0.2) is 11.0 Å². The smallest absolute Gasteiger partial charge is 0.237 e. The second-order valence-corrected chi connectivity index (χ2v) is 7.95. The van der Waals surface area contributed by atoms with E-state index in [1.165, 1.54) is 36.0 Å². The number of anilines is 1. The Bertz CT molecular complexity index is 1020. The highest BCUT2D eigenvalue weighted by Crippen LogP contribution is 2.42. The molecule has 0 saturated heterocycles. The second-order valence-electron chi connectivity index (χ2n) is 6.65. The van der Waals surface area contributed by atoms with Crippen LogP contribution in [-0.2, 0) is 4.79 Å². The molecule has 0 spiro atoms. The fraction of sp³-hybridized carbons (Fsp3) is 0.250. The molecule has 0 aliphatic heterocycles. The number of nitrogens with zero attached hydrogens (tertiary/aromatic N) is 3. The van der Waals surface area contributed by atoms with Gasteiger partial charge in [0.2, 0.25) is 5.91 Å². The van der Waals surface area contributed by atoms with Crippen LogP contribution in [0, 0.1) is 11.6 Å². The number of aromatic nitrogens is 3.